The van der Waals surface area contributed by atoms with Gasteiger partial charge in [0.05, 0.1) is 36.8 Å². The normalized spacial score (nSPS) is 25.8. The van der Waals surface area contributed by atoms with Crippen molar-refractivity contribution in [3.8, 4) is 6.07 Å². The molecule has 1 saturated carbocycles. The van der Waals surface area contributed by atoms with E-state index < -0.39 is 5.82 Å². The number of piperazine rings is 1. The Morgan fingerprint density at radius 1 is 1.27 bits per heavy atom. The summed E-state index contributed by atoms with van der Waals surface area (Å²) in [7, 11) is 0. The first-order chi connectivity index (χ1) is 18.0. The summed E-state index contributed by atoms with van der Waals surface area (Å²) in [5.74, 6) is -0.179. The molecular weight excluding hydrogens is 477 g/mol. The van der Waals surface area contributed by atoms with E-state index in [4.69, 9.17) is 4.74 Å². The fraction of sp³-hybridized carbons (Fsp3) is 0.480. The van der Waals surface area contributed by atoms with Crippen molar-refractivity contribution in [2.45, 2.75) is 31.9 Å². The van der Waals surface area contributed by atoms with Gasteiger partial charge in [-0.1, -0.05) is 12.1 Å². The maximum atomic E-state index is 14.0. The molecule has 4 aliphatic rings. The van der Waals surface area contributed by atoms with Gasteiger partial charge in [0.2, 0.25) is 11.9 Å². The maximum Gasteiger partial charge on any atom is 0.249 e. The number of halogens is 1. The highest BCUT2D eigenvalue weighted by molar-refractivity contribution is 6.12. The number of hydrogen-bond donors (Lipinski definition) is 0. The Balaban J connectivity index is 1.11. The number of fused-ring (bicyclic) bond motifs is 2. The molecule has 37 heavy (non-hydrogen) atoms. The van der Waals surface area contributed by atoms with Crippen molar-refractivity contribution in [1.82, 2.24) is 30.0 Å². The molecule has 6 rings (SSSR count). The lowest BCUT2D eigenvalue weighted by molar-refractivity contribution is -0.142. The number of nitrogens with zero attached hydrogens (tertiary/aromatic N) is 9. The van der Waals surface area contributed by atoms with E-state index in [-0.39, 0.29) is 29.5 Å². The van der Waals surface area contributed by atoms with E-state index >= 15 is 0 Å². The second-order valence-corrected chi connectivity index (χ2v) is 9.71. The number of amides is 1. The summed E-state index contributed by atoms with van der Waals surface area (Å²) in [6.07, 6.45) is 4.66. The maximum absolute atomic E-state index is 14.0. The molecule has 0 bridgehead atoms. The Morgan fingerprint density at radius 3 is 2.97 bits per heavy atom. The largest absolute Gasteiger partial charge is 0.370 e. The highest BCUT2D eigenvalue weighted by Gasteiger charge is 2.40. The summed E-state index contributed by atoms with van der Waals surface area (Å²) in [5.41, 5.74) is 3.37. The smallest absolute Gasteiger partial charge is 0.249 e. The summed E-state index contributed by atoms with van der Waals surface area (Å²) >= 11 is 0. The van der Waals surface area contributed by atoms with Crippen LogP contribution < -0.4 is 0 Å². The molecule has 0 radical (unpaired) electrons. The molecule has 3 fully saturated rings. The minimum atomic E-state index is -0.508. The van der Waals surface area contributed by atoms with Gasteiger partial charge in [-0.15, -0.1) is 5.10 Å². The van der Waals surface area contributed by atoms with Crippen molar-refractivity contribution in [3.05, 3.63) is 52.6 Å². The zero-order chi connectivity index (χ0) is 25.5. The van der Waals surface area contributed by atoms with E-state index in [2.05, 4.69) is 30.4 Å². The van der Waals surface area contributed by atoms with Crippen LogP contribution in [0.4, 0.5) is 4.39 Å². The average Bonchev–Trinajstić information content (AvgIpc) is 3.54. The molecule has 1 aromatic carbocycles. The summed E-state index contributed by atoms with van der Waals surface area (Å²) in [6, 6.07) is 5.11. The van der Waals surface area contributed by atoms with Crippen molar-refractivity contribution in [3.63, 3.8) is 0 Å². The molecular formula is C25H26FN9O2. The van der Waals surface area contributed by atoms with Crippen molar-refractivity contribution in [2.75, 3.05) is 39.3 Å². The van der Waals surface area contributed by atoms with Crippen LogP contribution in [-0.4, -0.2) is 93.0 Å². The van der Waals surface area contributed by atoms with E-state index in [0.29, 0.717) is 50.7 Å². The Hall–Kier alpha value is -3.82. The number of ether oxygens (including phenoxy) is 1. The van der Waals surface area contributed by atoms with Gasteiger partial charge in [0.15, 0.2) is 0 Å². The lowest BCUT2D eigenvalue weighted by atomic mass is 9.95. The average molecular weight is 504 g/mol. The molecule has 190 valence electrons. The zero-order valence-corrected chi connectivity index (χ0v) is 20.4. The van der Waals surface area contributed by atoms with E-state index in [0.717, 1.165) is 29.8 Å². The molecule has 3 aliphatic heterocycles. The summed E-state index contributed by atoms with van der Waals surface area (Å²) in [6.45, 7) is 5.27. The number of tetrazole rings is 1. The summed E-state index contributed by atoms with van der Waals surface area (Å²) in [4.78, 5) is 27.0. The molecule has 2 saturated heterocycles. The fourth-order valence-electron chi connectivity index (χ4n) is 5.75. The van der Waals surface area contributed by atoms with Crippen LogP contribution in [0.5, 0.6) is 0 Å². The second kappa shape index (κ2) is 9.57. The number of hydrogen-bond acceptors (Lipinski definition) is 9. The predicted molar refractivity (Wildman–Crippen MR) is 130 cm³/mol. The van der Waals surface area contributed by atoms with E-state index in [1.807, 2.05) is 17.0 Å². The molecule has 2 aromatic rings. The van der Waals surface area contributed by atoms with Crippen LogP contribution in [0.3, 0.4) is 0 Å². The highest BCUT2D eigenvalue weighted by Crippen LogP contribution is 2.34. The molecule has 1 amide bonds. The first-order valence-electron chi connectivity index (χ1n) is 12.4. The lowest BCUT2D eigenvalue weighted by Crippen LogP contribution is -2.60. The molecule has 4 heterocycles. The molecule has 3 unspecified atom stereocenters. The van der Waals surface area contributed by atoms with Crippen LogP contribution in [0.25, 0.3) is 0 Å². The van der Waals surface area contributed by atoms with Gasteiger partial charge >= 0.3 is 0 Å². The minimum Gasteiger partial charge on any atom is -0.370 e. The number of nitriles is 1. The van der Waals surface area contributed by atoms with Crippen LogP contribution in [0.2, 0.25) is 0 Å². The fourth-order valence-corrected chi connectivity index (χ4v) is 5.75. The summed E-state index contributed by atoms with van der Waals surface area (Å²) in [5, 5.41) is 20.5. The minimum absolute atomic E-state index is 0.0707. The van der Waals surface area contributed by atoms with Crippen molar-refractivity contribution >= 4 is 17.6 Å². The number of morpholine rings is 1. The number of carbonyl (C=O) groups is 1. The Morgan fingerprint density at radius 2 is 2.16 bits per heavy atom. The van der Waals surface area contributed by atoms with Crippen LogP contribution in [-0.2, 0) is 9.53 Å². The third kappa shape index (κ3) is 4.24. The first kappa shape index (κ1) is 23.6. The Bertz CT molecular complexity index is 1360. The zero-order valence-electron chi connectivity index (χ0n) is 20.4. The second-order valence-electron chi connectivity index (χ2n) is 9.71. The van der Waals surface area contributed by atoms with Crippen LogP contribution in [0.1, 0.15) is 35.6 Å². The van der Waals surface area contributed by atoms with Gasteiger partial charge in [0, 0.05) is 31.9 Å². The predicted octanol–water partition coefficient (Wildman–Crippen LogP) is 1.27. The third-order valence-electron chi connectivity index (χ3n) is 7.73. The number of aliphatic imine (C=N–C) groups is 2. The number of aromatic nitrogens is 4. The number of carbonyl (C=O) groups excluding carboxylic acids is 1. The number of rotatable bonds is 2. The van der Waals surface area contributed by atoms with Gasteiger partial charge in [-0.05, 0) is 53.0 Å². The molecule has 0 N–H and O–H groups in total. The van der Waals surface area contributed by atoms with Crippen molar-refractivity contribution < 1.29 is 13.9 Å². The van der Waals surface area contributed by atoms with Gasteiger partial charge in [-0.3, -0.25) is 9.69 Å². The third-order valence-corrected chi connectivity index (χ3v) is 7.73. The van der Waals surface area contributed by atoms with E-state index in [9.17, 15) is 14.4 Å². The number of benzene rings is 1. The van der Waals surface area contributed by atoms with Gasteiger partial charge in [0.1, 0.15) is 18.2 Å². The quantitative estimate of drug-likeness (QED) is 0.604. The molecule has 1 aliphatic carbocycles. The van der Waals surface area contributed by atoms with Gasteiger partial charge in [-0.2, -0.15) is 9.94 Å². The lowest BCUT2D eigenvalue weighted by Gasteiger charge is -2.46. The first-order valence-corrected chi connectivity index (χ1v) is 12.4. The van der Waals surface area contributed by atoms with Gasteiger partial charge in [0.25, 0.3) is 0 Å². The topological polar surface area (TPSA) is 125 Å². The summed E-state index contributed by atoms with van der Waals surface area (Å²) < 4.78 is 21.6. The molecule has 0 spiro atoms. The molecule has 12 heteroatoms. The van der Waals surface area contributed by atoms with Gasteiger partial charge in [-0.25, -0.2) is 14.4 Å². The van der Waals surface area contributed by atoms with E-state index in [1.165, 1.54) is 17.1 Å². The monoisotopic (exact) mass is 503 g/mol. The molecule has 11 nitrogen and oxygen atoms in total. The van der Waals surface area contributed by atoms with Crippen molar-refractivity contribution in [2.24, 2.45) is 15.9 Å². The van der Waals surface area contributed by atoms with Crippen LogP contribution in [0.15, 0.2) is 40.1 Å². The standard InChI is InChI=1S/C25H26FN9O2/c1-15-17(2-4-21(26)20(15)10-27)23-12-33-8-9-34(11-16(33)13-37-23)24(36)19-3-5-22-18(19)6-7-28-25(30-22)35-14-29-31-32-35/h2,4,6,14,16,19,23H,3,5,7-9,11-13H2,1H3. The van der Waals surface area contributed by atoms with Crippen LogP contribution >= 0.6 is 0 Å². The van der Waals surface area contributed by atoms with Crippen molar-refractivity contribution in [1.29, 1.82) is 5.26 Å². The SMILES string of the molecule is Cc1c(C2CN3CCN(C(=O)C4CCC5=NC(n6cnnn6)=NCC=C54)CC3CO2)ccc(F)c1C#N. The highest BCUT2D eigenvalue weighted by atomic mass is 19.1. The van der Waals surface area contributed by atoms with E-state index in [1.54, 1.807) is 13.0 Å². The Labute approximate surface area is 212 Å². The molecule has 3 atom stereocenters. The van der Waals surface area contributed by atoms with Gasteiger partial charge < -0.3 is 9.64 Å². The molecule has 1 aromatic heterocycles. The van der Waals surface area contributed by atoms with Crippen LogP contribution in [0, 0.1) is 30.0 Å². The Kier molecular flexibility index (Phi) is 6.10.